The zero-order valence-electron chi connectivity index (χ0n) is 19.2. The zero-order valence-corrected chi connectivity index (χ0v) is 20.9. The number of nitrogens with zero attached hydrogens (tertiary/aromatic N) is 1. The van der Waals surface area contributed by atoms with Crippen molar-refractivity contribution in [2.45, 2.75) is 42.8 Å². The third-order valence-corrected chi connectivity index (χ3v) is 8.10. The molecule has 1 amide bonds. The number of carbonyl (C=O) groups is 1. The van der Waals surface area contributed by atoms with E-state index in [4.69, 9.17) is 14.5 Å². The van der Waals surface area contributed by atoms with Crippen LogP contribution in [0.3, 0.4) is 0 Å². The van der Waals surface area contributed by atoms with Crippen molar-refractivity contribution in [3.05, 3.63) is 89.5 Å². The molecule has 8 heteroatoms. The van der Waals surface area contributed by atoms with E-state index in [0.29, 0.717) is 0 Å². The van der Waals surface area contributed by atoms with Crippen LogP contribution in [0.15, 0.2) is 77.1 Å². The van der Waals surface area contributed by atoms with Crippen LogP contribution in [-0.4, -0.2) is 27.9 Å². The van der Waals surface area contributed by atoms with Gasteiger partial charge in [-0.05, 0) is 35.4 Å². The summed E-state index contributed by atoms with van der Waals surface area (Å²) in [4.78, 5) is 16.1. The van der Waals surface area contributed by atoms with Gasteiger partial charge in [-0.15, -0.1) is 11.3 Å². The number of aliphatic hydroxyl groups excluding tert-OH is 1. The van der Waals surface area contributed by atoms with Crippen LogP contribution >= 0.6 is 23.1 Å². The number of thioether (sulfide) groups is 1. The smallest absolute Gasteiger partial charge is 0.221 e. The second-order valence-electron chi connectivity index (χ2n) is 8.41. The minimum atomic E-state index is -0.529. The molecule has 1 aromatic heterocycles. The van der Waals surface area contributed by atoms with Crippen LogP contribution in [0.1, 0.15) is 42.4 Å². The van der Waals surface area contributed by atoms with E-state index in [0.717, 1.165) is 44.4 Å². The van der Waals surface area contributed by atoms with Gasteiger partial charge in [0.25, 0.3) is 0 Å². The predicted octanol–water partition coefficient (Wildman–Crippen LogP) is 6.08. The average Bonchev–Trinajstić information content (AvgIpc) is 3.31. The van der Waals surface area contributed by atoms with Gasteiger partial charge in [0.1, 0.15) is 0 Å². The van der Waals surface area contributed by atoms with Crippen LogP contribution in [-0.2, 0) is 20.9 Å². The molecule has 2 N–H and O–H groups in total. The van der Waals surface area contributed by atoms with Crippen molar-refractivity contribution in [1.29, 1.82) is 0 Å². The normalized spacial score (nSPS) is 20.1. The van der Waals surface area contributed by atoms with E-state index in [1.54, 1.807) is 23.1 Å². The lowest BCUT2D eigenvalue weighted by atomic mass is 10.0. The molecule has 3 aromatic carbocycles. The monoisotopic (exact) mass is 506 g/mol. The van der Waals surface area contributed by atoms with E-state index in [1.165, 1.54) is 11.6 Å². The lowest BCUT2D eigenvalue weighted by Gasteiger charge is -2.36. The van der Waals surface area contributed by atoms with Crippen LogP contribution in [0.2, 0.25) is 0 Å². The maximum absolute atomic E-state index is 11.4. The fraction of sp³-hybridized carbons (Fsp3) is 0.259. The van der Waals surface area contributed by atoms with Crippen LogP contribution in [0.4, 0.5) is 5.69 Å². The minimum absolute atomic E-state index is 0.0135. The number of aliphatic hydroxyl groups is 1. The molecule has 1 aliphatic heterocycles. The molecule has 35 heavy (non-hydrogen) atoms. The van der Waals surface area contributed by atoms with E-state index in [2.05, 4.69) is 11.4 Å². The molecule has 4 aromatic rings. The van der Waals surface area contributed by atoms with Crippen LogP contribution in [0.5, 0.6) is 0 Å². The maximum Gasteiger partial charge on any atom is 0.221 e. The molecule has 2 heterocycles. The molecule has 1 aliphatic rings. The Hall–Kier alpha value is -2.75. The van der Waals surface area contributed by atoms with E-state index in [9.17, 15) is 9.90 Å². The van der Waals surface area contributed by atoms with Gasteiger partial charge in [0.15, 0.2) is 10.6 Å². The van der Waals surface area contributed by atoms with Gasteiger partial charge in [-0.2, -0.15) is 0 Å². The number of amides is 1. The first kappa shape index (κ1) is 24.0. The Balaban J connectivity index is 1.34. The molecule has 180 valence electrons. The Labute approximate surface area is 212 Å². The highest BCUT2D eigenvalue weighted by atomic mass is 32.2. The largest absolute Gasteiger partial charge is 0.392 e. The van der Waals surface area contributed by atoms with Crippen molar-refractivity contribution in [2.24, 2.45) is 0 Å². The van der Waals surface area contributed by atoms with Crippen molar-refractivity contribution in [2.75, 3.05) is 11.1 Å². The van der Waals surface area contributed by atoms with Crippen molar-refractivity contribution < 1.29 is 19.4 Å². The van der Waals surface area contributed by atoms with Gasteiger partial charge in [0.05, 0.1) is 29.0 Å². The summed E-state index contributed by atoms with van der Waals surface area (Å²) in [5.74, 6) is 0.649. The number of anilines is 1. The average molecular weight is 507 g/mol. The fourth-order valence-electron chi connectivity index (χ4n) is 4.03. The first-order valence-electron chi connectivity index (χ1n) is 11.4. The van der Waals surface area contributed by atoms with E-state index >= 15 is 0 Å². The highest BCUT2D eigenvalue weighted by molar-refractivity contribution is 8.01. The number of nitrogens with one attached hydrogen (secondary N) is 1. The molecule has 0 aliphatic carbocycles. The van der Waals surface area contributed by atoms with Crippen molar-refractivity contribution in [3.8, 4) is 0 Å². The zero-order chi connectivity index (χ0) is 24.2. The molecule has 1 fully saturated rings. The molecule has 3 atom stereocenters. The topological polar surface area (TPSA) is 80.7 Å². The Morgan fingerprint density at radius 3 is 2.51 bits per heavy atom. The summed E-state index contributed by atoms with van der Waals surface area (Å²) >= 11 is 3.41. The van der Waals surface area contributed by atoms with Crippen LogP contribution in [0, 0.1) is 0 Å². The summed E-state index contributed by atoms with van der Waals surface area (Å²) in [7, 11) is 0. The minimum Gasteiger partial charge on any atom is -0.392 e. The fourth-order valence-corrected chi connectivity index (χ4v) is 6.14. The summed E-state index contributed by atoms with van der Waals surface area (Å²) in [6.07, 6.45) is 0.0102. The standard InChI is InChI=1S/C27H26N2O4S2/c1-17(31)28-21-12-10-20(11-13-21)26-32-22(14-24(33-26)19-8-6-18(15-30)7-9-19)16-34-27-29-23-4-2-3-5-25(23)35-27/h2-13,22,24,26,30H,14-16H2,1H3,(H,28,31)/t22-,24+,26+/m1/s1. The van der Waals surface area contributed by atoms with Gasteiger partial charge in [-0.25, -0.2) is 4.98 Å². The number of rotatable bonds is 7. The van der Waals surface area contributed by atoms with E-state index in [1.807, 2.05) is 66.7 Å². The molecular formula is C27H26N2O4S2. The lowest BCUT2D eigenvalue weighted by Crippen LogP contribution is -2.31. The highest BCUT2D eigenvalue weighted by Crippen LogP contribution is 2.40. The van der Waals surface area contributed by atoms with Crippen LogP contribution in [0.25, 0.3) is 10.2 Å². The second kappa shape index (κ2) is 10.9. The number of aromatic nitrogens is 1. The van der Waals surface area contributed by atoms with Crippen molar-refractivity contribution in [3.63, 3.8) is 0 Å². The summed E-state index contributed by atoms with van der Waals surface area (Å²) in [6, 6.07) is 23.6. The summed E-state index contributed by atoms with van der Waals surface area (Å²) in [5.41, 5.74) is 4.57. The second-order valence-corrected chi connectivity index (χ2v) is 10.7. The van der Waals surface area contributed by atoms with Crippen LogP contribution < -0.4 is 5.32 Å². The molecule has 0 saturated carbocycles. The summed E-state index contributed by atoms with van der Waals surface area (Å²) in [5, 5.41) is 12.2. The highest BCUT2D eigenvalue weighted by Gasteiger charge is 2.32. The summed E-state index contributed by atoms with van der Waals surface area (Å²) < 4.78 is 15.0. The number of hydrogen-bond acceptors (Lipinski definition) is 7. The van der Waals surface area contributed by atoms with Gasteiger partial charge in [-0.1, -0.05) is 60.3 Å². The SMILES string of the molecule is CC(=O)Nc1ccc([C@H]2O[C@@H](CSc3nc4ccccc4s3)C[C@@H](c3ccc(CO)cc3)O2)cc1. The maximum atomic E-state index is 11.4. The van der Waals surface area contributed by atoms with Gasteiger partial charge >= 0.3 is 0 Å². The molecule has 0 bridgehead atoms. The first-order chi connectivity index (χ1) is 17.1. The quantitative estimate of drug-likeness (QED) is 0.296. The Morgan fingerprint density at radius 1 is 1.06 bits per heavy atom. The molecule has 6 nitrogen and oxygen atoms in total. The number of hydrogen-bond donors (Lipinski definition) is 2. The molecule has 0 spiro atoms. The molecule has 0 radical (unpaired) electrons. The number of ether oxygens (including phenoxy) is 2. The number of thiazole rings is 1. The number of fused-ring (bicyclic) bond motifs is 1. The first-order valence-corrected chi connectivity index (χ1v) is 13.2. The molecule has 5 rings (SSSR count). The predicted molar refractivity (Wildman–Crippen MR) is 140 cm³/mol. The van der Waals surface area contributed by atoms with Gasteiger partial charge < -0.3 is 19.9 Å². The van der Waals surface area contributed by atoms with E-state index in [-0.39, 0.29) is 24.7 Å². The van der Waals surface area contributed by atoms with Crippen molar-refractivity contribution in [1.82, 2.24) is 4.98 Å². The van der Waals surface area contributed by atoms with Crippen molar-refractivity contribution >= 4 is 44.9 Å². The molecule has 0 unspecified atom stereocenters. The summed E-state index contributed by atoms with van der Waals surface area (Å²) in [6.45, 7) is 1.50. The number of benzene rings is 3. The number of para-hydroxylation sites is 1. The third-order valence-electron chi connectivity index (χ3n) is 5.79. The third kappa shape index (κ3) is 5.91. The van der Waals surface area contributed by atoms with Gasteiger partial charge in [0.2, 0.25) is 5.91 Å². The molecule has 1 saturated heterocycles. The van der Waals surface area contributed by atoms with E-state index < -0.39 is 6.29 Å². The Morgan fingerprint density at radius 2 is 1.80 bits per heavy atom. The number of carbonyl (C=O) groups excluding carboxylic acids is 1. The van der Waals surface area contributed by atoms with Gasteiger partial charge in [0, 0.05) is 30.3 Å². The lowest BCUT2D eigenvalue weighted by molar-refractivity contribution is -0.245. The molecular weight excluding hydrogens is 480 g/mol. The van der Waals surface area contributed by atoms with Gasteiger partial charge in [-0.3, -0.25) is 4.79 Å². The Kier molecular flexibility index (Phi) is 7.46. The Bertz CT molecular complexity index is 1260.